The number of aromatic nitrogens is 2. The molecule has 4 aromatic carbocycles. The van der Waals surface area contributed by atoms with Crippen molar-refractivity contribution >= 4 is 44.4 Å². The summed E-state index contributed by atoms with van der Waals surface area (Å²) in [4.78, 5) is 3.57. The highest BCUT2D eigenvalue weighted by Gasteiger charge is 2.17. The van der Waals surface area contributed by atoms with Gasteiger partial charge in [-0.05, 0) is 60.4 Å². The first-order valence-corrected chi connectivity index (χ1v) is 11.3. The SMILES string of the molecule is C1=c2c(n(-c3ccccc3)c3ccccc23)=C(c2ccc3[nH]c4ccccc4c3c2)CC1. The smallest absolute Gasteiger partial charge is 0.0575 e. The zero-order chi connectivity index (χ0) is 21.1. The second-order valence-corrected chi connectivity index (χ2v) is 8.60. The average Bonchev–Trinajstić information content (AvgIpc) is 3.40. The maximum Gasteiger partial charge on any atom is 0.0575 e. The summed E-state index contributed by atoms with van der Waals surface area (Å²) in [6.07, 6.45) is 4.53. The zero-order valence-electron chi connectivity index (χ0n) is 17.7. The summed E-state index contributed by atoms with van der Waals surface area (Å²) >= 11 is 0. The standard InChI is InChI=1S/C30H22N2/c1-2-9-21(10-3-1)32-29-16-7-5-12-24(29)25-14-8-13-22(30(25)32)20-17-18-28-26(19-20)23-11-4-6-15-27(23)31-28/h1-7,9-12,14-19,31H,8,13H2. The van der Waals surface area contributed by atoms with Crippen molar-refractivity contribution in [3.8, 4) is 5.69 Å². The van der Waals surface area contributed by atoms with Crippen LogP contribution in [0.2, 0.25) is 0 Å². The Bertz CT molecular complexity index is 1760. The summed E-state index contributed by atoms with van der Waals surface area (Å²) in [5.74, 6) is 0. The summed E-state index contributed by atoms with van der Waals surface area (Å²) in [6.45, 7) is 0. The highest BCUT2D eigenvalue weighted by atomic mass is 15.0. The van der Waals surface area contributed by atoms with E-state index in [-0.39, 0.29) is 0 Å². The van der Waals surface area contributed by atoms with Crippen molar-refractivity contribution in [2.75, 3.05) is 0 Å². The monoisotopic (exact) mass is 410 g/mol. The number of H-pyrrole nitrogens is 1. The summed E-state index contributed by atoms with van der Waals surface area (Å²) < 4.78 is 2.45. The Hall–Kier alpha value is -4.04. The molecule has 2 heteroatoms. The lowest BCUT2D eigenvalue weighted by Gasteiger charge is -2.14. The fourth-order valence-electron chi connectivity index (χ4n) is 5.41. The van der Waals surface area contributed by atoms with Gasteiger partial charge in [0.1, 0.15) is 0 Å². The molecular weight excluding hydrogens is 388 g/mol. The Balaban J connectivity index is 1.63. The molecule has 0 atom stereocenters. The number of para-hydroxylation sites is 3. The highest BCUT2D eigenvalue weighted by molar-refractivity contribution is 6.08. The van der Waals surface area contributed by atoms with Crippen molar-refractivity contribution < 1.29 is 0 Å². The van der Waals surface area contributed by atoms with E-state index >= 15 is 0 Å². The molecule has 0 saturated heterocycles. The quantitative estimate of drug-likeness (QED) is 0.359. The van der Waals surface area contributed by atoms with E-state index in [0.717, 1.165) is 12.8 Å². The molecule has 2 heterocycles. The molecule has 152 valence electrons. The van der Waals surface area contributed by atoms with Crippen molar-refractivity contribution in [1.29, 1.82) is 0 Å². The first-order valence-electron chi connectivity index (χ1n) is 11.3. The van der Waals surface area contributed by atoms with Gasteiger partial charge in [-0.15, -0.1) is 0 Å². The second-order valence-electron chi connectivity index (χ2n) is 8.60. The van der Waals surface area contributed by atoms with Crippen molar-refractivity contribution in [3.63, 3.8) is 0 Å². The van der Waals surface area contributed by atoms with Crippen LogP contribution in [-0.4, -0.2) is 9.55 Å². The molecule has 2 aromatic heterocycles. The molecule has 1 N–H and O–H groups in total. The van der Waals surface area contributed by atoms with Crippen LogP contribution in [0, 0.1) is 0 Å². The number of fused-ring (bicyclic) bond motifs is 6. The molecule has 0 amide bonds. The van der Waals surface area contributed by atoms with Gasteiger partial charge in [0.05, 0.1) is 10.9 Å². The molecule has 1 aliphatic carbocycles. The molecule has 32 heavy (non-hydrogen) atoms. The van der Waals surface area contributed by atoms with Gasteiger partial charge in [0.15, 0.2) is 0 Å². The van der Waals surface area contributed by atoms with E-state index in [1.54, 1.807) is 0 Å². The number of benzene rings is 4. The van der Waals surface area contributed by atoms with Crippen LogP contribution in [0.5, 0.6) is 0 Å². The van der Waals surface area contributed by atoms with Crippen LogP contribution in [-0.2, 0) is 0 Å². The number of nitrogens with zero attached hydrogens (tertiary/aromatic N) is 1. The van der Waals surface area contributed by atoms with Gasteiger partial charge < -0.3 is 9.55 Å². The minimum absolute atomic E-state index is 1.05. The minimum Gasteiger partial charge on any atom is -0.355 e. The lowest BCUT2D eigenvalue weighted by Crippen LogP contribution is -2.33. The summed E-state index contributed by atoms with van der Waals surface area (Å²) in [5, 5.41) is 6.62. The van der Waals surface area contributed by atoms with Gasteiger partial charge in [0.25, 0.3) is 0 Å². The van der Waals surface area contributed by atoms with Crippen LogP contribution in [0.3, 0.4) is 0 Å². The number of rotatable bonds is 2. The largest absolute Gasteiger partial charge is 0.355 e. The van der Waals surface area contributed by atoms with Crippen molar-refractivity contribution in [2.24, 2.45) is 0 Å². The third-order valence-electron chi connectivity index (χ3n) is 6.81. The van der Waals surface area contributed by atoms with Gasteiger partial charge in [-0.3, -0.25) is 0 Å². The zero-order valence-corrected chi connectivity index (χ0v) is 17.7. The maximum absolute atomic E-state index is 3.57. The molecular formula is C30H22N2. The van der Waals surface area contributed by atoms with Gasteiger partial charge in [-0.25, -0.2) is 0 Å². The van der Waals surface area contributed by atoms with Crippen LogP contribution in [0.4, 0.5) is 0 Å². The summed E-state index contributed by atoms with van der Waals surface area (Å²) in [7, 11) is 0. The van der Waals surface area contributed by atoms with E-state index in [0.29, 0.717) is 0 Å². The Labute approximate surface area is 185 Å². The van der Waals surface area contributed by atoms with Gasteiger partial charge in [-0.2, -0.15) is 0 Å². The second kappa shape index (κ2) is 6.73. The fraction of sp³-hybridized carbons (Fsp3) is 0.0667. The molecule has 2 nitrogen and oxygen atoms in total. The number of hydrogen-bond donors (Lipinski definition) is 1. The van der Waals surface area contributed by atoms with Gasteiger partial charge in [0.2, 0.25) is 0 Å². The first kappa shape index (κ1) is 17.6. The number of aromatic amines is 1. The van der Waals surface area contributed by atoms with E-state index < -0.39 is 0 Å². The Morgan fingerprint density at radius 2 is 1.41 bits per heavy atom. The van der Waals surface area contributed by atoms with Crippen LogP contribution in [0.25, 0.3) is 50.0 Å². The lowest BCUT2D eigenvalue weighted by atomic mass is 9.95. The van der Waals surface area contributed by atoms with Gasteiger partial charge in [-0.1, -0.05) is 66.7 Å². The first-order chi connectivity index (χ1) is 15.9. The molecule has 0 bridgehead atoms. The van der Waals surface area contributed by atoms with Crippen molar-refractivity contribution in [2.45, 2.75) is 12.8 Å². The van der Waals surface area contributed by atoms with E-state index in [2.05, 4.69) is 113 Å². The Morgan fingerprint density at radius 3 is 2.31 bits per heavy atom. The van der Waals surface area contributed by atoms with E-state index in [1.165, 1.54) is 60.1 Å². The average molecular weight is 411 g/mol. The molecule has 1 aliphatic rings. The van der Waals surface area contributed by atoms with Crippen LogP contribution < -0.4 is 10.6 Å². The highest BCUT2D eigenvalue weighted by Crippen LogP contribution is 2.30. The van der Waals surface area contributed by atoms with E-state index in [1.807, 2.05) is 0 Å². The topological polar surface area (TPSA) is 20.7 Å². The third kappa shape index (κ3) is 2.47. The molecule has 0 fully saturated rings. The molecule has 7 rings (SSSR count). The van der Waals surface area contributed by atoms with Crippen molar-refractivity contribution in [3.05, 3.63) is 113 Å². The lowest BCUT2D eigenvalue weighted by molar-refractivity contribution is 0.999. The van der Waals surface area contributed by atoms with Gasteiger partial charge >= 0.3 is 0 Å². The Kier molecular flexibility index (Phi) is 3.71. The molecule has 0 aliphatic heterocycles. The van der Waals surface area contributed by atoms with Crippen LogP contribution in [0.1, 0.15) is 18.4 Å². The van der Waals surface area contributed by atoms with Crippen LogP contribution in [0.15, 0.2) is 97.1 Å². The fourth-order valence-corrected chi connectivity index (χ4v) is 5.41. The molecule has 0 saturated carbocycles. The van der Waals surface area contributed by atoms with Gasteiger partial charge in [0, 0.05) is 38.1 Å². The normalized spacial score (nSPS) is 13.6. The van der Waals surface area contributed by atoms with Crippen LogP contribution >= 0.6 is 0 Å². The number of hydrogen-bond acceptors (Lipinski definition) is 0. The molecule has 0 radical (unpaired) electrons. The Morgan fingerprint density at radius 1 is 0.656 bits per heavy atom. The predicted molar refractivity (Wildman–Crippen MR) is 135 cm³/mol. The molecule has 0 spiro atoms. The third-order valence-corrected chi connectivity index (χ3v) is 6.81. The summed E-state index contributed by atoms with van der Waals surface area (Å²) in [5.41, 5.74) is 7.62. The van der Waals surface area contributed by atoms with Crippen molar-refractivity contribution in [1.82, 2.24) is 9.55 Å². The predicted octanol–water partition coefficient (Wildman–Crippen LogP) is 6.04. The maximum atomic E-state index is 3.57. The minimum atomic E-state index is 1.05. The molecule has 6 aromatic rings. The molecule has 0 unspecified atom stereocenters. The summed E-state index contributed by atoms with van der Waals surface area (Å²) in [6, 6.07) is 35.0. The number of nitrogens with one attached hydrogen (secondary N) is 1. The van der Waals surface area contributed by atoms with E-state index in [4.69, 9.17) is 0 Å². The van der Waals surface area contributed by atoms with E-state index in [9.17, 15) is 0 Å².